The predicted octanol–water partition coefficient (Wildman–Crippen LogP) is 3.27. The van der Waals surface area contributed by atoms with Crippen molar-refractivity contribution in [1.29, 1.82) is 0 Å². The molecule has 5 heteroatoms. The molecule has 0 unspecified atom stereocenters. The van der Waals surface area contributed by atoms with Gasteiger partial charge >= 0.3 is 0 Å². The number of hydrogen-bond donors (Lipinski definition) is 1. The number of para-hydroxylation sites is 1. The fraction of sp³-hybridized carbons (Fsp3) is 0.333. The Labute approximate surface area is 154 Å². The maximum absolute atomic E-state index is 12.3. The van der Waals surface area contributed by atoms with Crippen molar-refractivity contribution in [2.45, 2.75) is 25.8 Å². The molecule has 2 aromatic carbocycles. The molecule has 1 aliphatic heterocycles. The molecule has 136 valence electrons. The van der Waals surface area contributed by atoms with Gasteiger partial charge in [-0.25, -0.2) is 0 Å². The van der Waals surface area contributed by atoms with Gasteiger partial charge in [0.2, 0.25) is 11.8 Å². The minimum Gasteiger partial charge on any atom is -0.365 e. The van der Waals surface area contributed by atoms with Crippen LogP contribution in [0.25, 0.3) is 0 Å². The van der Waals surface area contributed by atoms with E-state index < -0.39 is 0 Å². The Morgan fingerprint density at radius 2 is 1.92 bits per heavy atom. The molecule has 1 heterocycles. The minimum absolute atomic E-state index is 0.0671. The van der Waals surface area contributed by atoms with Gasteiger partial charge in [0.05, 0.1) is 6.54 Å². The molecule has 1 saturated heterocycles. The lowest BCUT2D eigenvalue weighted by Crippen LogP contribution is -2.34. The van der Waals surface area contributed by atoms with Gasteiger partial charge in [-0.3, -0.25) is 9.59 Å². The zero-order valence-electron chi connectivity index (χ0n) is 15.1. The zero-order valence-corrected chi connectivity index (χ0v) is 15.1. The van der Waals surface area contributed by atoms with Crippen LogP contribution < -0.4 is 10.2 Å². The van der Waals surface area contributed by atoms with Crippen LogP contribution >= 0.6 is 0 Å². The number of rotatable bonds is 6. The fourth-order valence-corrected chi connectivity index (χ4v) is 3.19. The standard InChI is InChI=1S/C21H25N3O2/c1-23(19-10-3-2-4-11-19)16-20(25)22-18-9-7-8-17(14-18)15-24-13-6-5-12-21(24)26/h2-4,7-11,14H,5-6,12-13,15-16H2,1H3,(H,22,25). The molecule has 0 bridgehead atoms. The highest BCUT2D eigenvalue weighted by atomic mass is 16.2. The van der Waals surface area contributed by atoms with Gasteiger partial charge in [-0.2, -0.15) is 0 Å². The summed E-state index contributed by atoms with van der Waals surface area (Å²) in [4.78, 5) is 28.1. The quantitative estimate of drug-likeness (QED) is 0.869. The van der Waals surface area contributed by atoms with Gasteiger partial charge in [-0.05, 0) is 42.7 Å². The first kappa shape index (κ1) is 18.0. The molecule has 2 aromatic rings. The van der Waals surface area contributed by atoms with Gasteiger partial charge in [0.1, 0.15) is 0 Å². The number of likely N-dealkylation sites (tertiary alicyclic amines) is 1. The van der Waals surface area contributed by atoms with Crippen LogP contribution in [0.2, 0.25) is 0 Å². The van der Waals surface area contributed by atoms with E-state index in [1.807, 2.05) is 71.4 Å². The van der Waals surface area contributed by atoms with Crippen LogP contribution in [-0.2, 0) is 16.1 Å². The molecule has 5 nitrogen and oxygen atoms in total. The molecular weight excluding hydrogens is 326 g/mol. The van der Waals surface area contributed by atoms with Gasteiger partial charge in [0.25, 0.3) is 0 Å². The van der Waals surface area contributed by atoms with Crippen molar-refractivity contribution < 1.29 is 9.59 Å². The SMILES string of the molecule is CN(CC(=O)Nc1cccc(CN2CCCCC2=O)c1)c1ccccc1. The van der Waals surface area contributed by atoms with E-state index in [1.165, 1.54) is 0 Å². The van der Waals surface area contributed by atoms with Crippen LogP contribution in [0.3, 0.4) is 0 Å². The number of likely N-dealkylation sites (N-methyl/N-ethyl adjacent to an activating group) is 1. The Kier molecular flexibility index (Phi) is 5.89. The first-order chi connectivity index (χ1) is 12.6. The Morgan fingerprint density at radius 1 is 1.12 bits per heavy atom. The third kappa shape index (κ3) is 4.85. The monoisotopic (exact) mass is 351 g/mol. The Morgan fingerprint density at radius 3 is 2.69 bits per heavy atom. The van der Waals surface area contributed by atoms with E-state index in [-0.39, 0.29) is 18.4 Å². The number of carbonyl (C=O) groups is 2. The normalized spacial score (nSPS) is 14.2. The van der Waals surface area contributed by atoms with Crippen molar-refractivity contribution in [3.63, 3.8) is 0 Å². The van der Waals surface area contributed by atoms with E-state index in [4.69, 9.17) is 0 Å². The maximum atomic E-state index is 12.3. The molecular formula is C21H25N3O2. The van der Waals surface area contributed by atoms with E-state index in [0.29, 0.717) is 13.0 Å². The number of nitrogens with one attached hydrogen (secondary N) is 1. The summed E-state index contributed by atoms with van der Waals surface area (Å²) in [5.41, 5.74) is 2.80. The van der Waals surface area contributed by atoms with Crippen LogP contribution in [0.1, 0.15) is 24.8 Å². The smallest absolute Gasteiger partial charge is 0.243 e. The first-order valence-electron chi connectivity index (χ1n) is 9.04. The highest BCUT2D eigenvalue weighted by Gasteiger charge is 2.18. The lowest BCUT2D eigenvalue weighted by molar-refractivity contribution is -0.133. The predicted molar refractivity (Wildman–Crippen MR) is 104 cm³/mol. The van der Waals surface area contributed by atoms with Crippen LogP contribution in [0.5, 0.6) is 0 Å². The molecule has 1 fully saturated rings. The summed E-state index contributed by atoms with van der Waals surface area (Å²) in [5.74, 6) is 0.151. The number of hydrogen-bond acceptors (Lipinski definition) is 3. The second-order valence-electron chi connectivity index (χ2n) is 6.71. The van der Waals surface area contributed by atoms with E-state index in [1.54, 1.807) is 0 Å². The van der Waals surface area contributed by atoms with Crippen molar-refractivity contribution in [3.05, 3.63) is 60.2 Å². The van der Waals surface area contributed by atoms with Gasteiger partial charge < -0.3 is 15.1 Å². The largest absolute Gasteiger partial charge is 0.365 e. The number of amides is 2. The average molecular weight is 351 g/mol. The number of carbonyl (C=O) groups excluding carboxylic acids is 2. The molecule has 0 saturated carbocycles. The van der Waals surface area contributed by atoms with E-state index in [0.717, 1.165) is 36.3 Å². The highest BCUT2D eigenvalue weighted by molar-refractivity contribution is 5.94. The average Bonchev–Trinajstić information content (AvgIpc) is 2.64. The Hall–Kier alpha value is -2.82. The van der Waals surface area contributed by atoms with Gasteiger partial charge in [0.15, 0.2) is 0 Å². The third-order valence-electron chi connectivity index (χ3n) is 4.58. The number of piperidine rings is 1. The Balaban J connectivity index is 1.57. The summed E-state index contributed by atoms with van der Waals surface area (Å²) in [6, 6.07) is 17.5. The molecule has 1 aliphatic rings. The lowest BCUT2D eigenvalue weighted by atomic mass is 10.1. The molecule has 0 spiro atoms. The summed E-state index contributed by atoms with van der Waals surface area (Å²) in [6.07, 6.45) is 2.69. The van der Waals surface area contributed by atoms with E-state index in [2.05, 4.69) is 5.32 Å². The molecule has 0 aliphatic carbocycles. The van der Waals surface area contributed by atoms with Crippen molar-refractivity contribution >= 4 is 23.2 Å². The highest BCUT2D eigenvalue weighted by Crippen LogP contribution is 2.17. The number of anilines is 2. The summed E-state index contributed by atoms with van der Waals surface area (Å²) in [7, 11) is 1.90. The fourth-order valence-electron chi connectivity index (χ4n) is 3.19. The summed E-state index contributed by atoms with van der Waals surface area (Å²) < 4.78 is 0. The molecule has 3 rings (SSSR count). The van der Waals surface area contributed by atoms with Gasteiger partial charge in [-0.1, -0.05) is 30.3 Å². The van der Waals surface area contributed by atoms with Crippen LogP contribution in [0.4, 0.5) is 11.4 Å². The van der Waals surface area contributed by atoms with Gasteiger partial charge in [0, 0.05) is 37.9 Å². The van der Waals surface area contributed by atoms with Crippen LogP contribution in [0.15, 0.2) is 54.6 Å². The minimum atomic E-state index is -0.0671. The van der Waals surface area contributed by atoms with Crippen molar-refractivity contribution in [2.24, 2.45) is 0 Å². The van der Waals surface area contributed by atoms with Crippen LogP contribution in [0, 0.1) is 0 Å². The second-order valence-corrected chi connectivity index (χ2v) is 6.71. The third-order valence-corrected chi connectivity index (χ3v) is 4.58. The van der Waals surface area contributed by atoms with Crippen molar-refractivity contribution in [2.75, 3.05) is 30.4 Å². The van der Waals surface area contributed by atoms with Gasteiger partial charge in [-0.15, -0.1) is 0 Å². The van der Waals surface area contributed by atoms with Crippen LogP contribution in [-0.4, -0.2) is 36.9 Å². The molecule has 26 heavy (non-hydrogen) atoms. The molecule has 2 amide bonds. The lowest BCUT2D eigenvalue weighted by Gasteiger charge is -2.27. The molecule has 0 radical (unpaired) electrons. The Bertz CT molecular complexity index is 761. The number of nitrogens with zero attached hydrogens (tertiary/aromatic N) is 2. The van der Waals surface area contributed by atoms with E-state index >= 15 is 0 Å². The van der Waals surface area contributed by atoms with E-state index in [9.17, 15) is 9.59 Å². The second kappa shape index (κ2) is 8.52. The summed E-state index contributed by atoms with van der Waals surface area (Å²) >= 11 is 0. The summed E-state index contributed by atoms with van der Waals surface area (Å²) in [5, 5.41) is 2.95. The topological polar surface area (TPSA) is 52.7 Å². The summed E-state index contributed by atoms with van der Waals surface area (Å²) in [6.45, 7) is 1.70. The molecule has 1 N–H and O–H groups in total. The first-order valence-corrected chi connectivity index (χ1v) is 9.04. The molecule has 0 atom stereocenters. The zero-order chi connectivity index (χ0) is 18.4. The number of benzene rings is 2. The maximum Gasteiger partial charge on any atom is 0.243 e. The van der Waals surface area contributed by atoms with Crippen molar-refractivity contribution in [3.8, 4) is 0 Å². The van der Waals surface area contributed by atoms with Crippen molar-refractivity contribution in [1.82, 2.24) is 4.90 Å². The molecule has 0 aromatic heterocycles.